The quantitative estimate of drug-likeness (QED) is 0.395. The van der Waals surface area contributed by atoms with E-state index in [1.807, 2.05) is 11.0 Å². The average molecular weight is 423 g/mol. The fourth-order valence-corrected chi connectivity index (χ4v) is 3.05. The SMILES string of the molecule is COCCCCN1CCC=C(CC(C#CCCCCO)NC(=O)OC(C)(C)C)C1=O. The molecule has 0 fully saturated rings. The molecule has 2 N–H and O–H groups in total. The molecule has 1 aliphatic heterocycles. The van der Waals surface area contributed by atoms with E-state index in [0.29, 0.717) is 44.5 Å². The number of unbranched alkanes of at least 4 members (excludes halogenated alkanes) is 3. The van der Waals surface area contributed by atoms with Crippen molar-refractivity contribution in [3.8, 4) is 11.8 Å². The summed E-state index contributed by atoms with van der Waals surface area (Å²) < 4.78 is 10.4. The zero-order valence-corrected chi connectivity index (χ0v) is 19.0. The maximum absolute atomic E-state index is 12.9. The Morgan fingerprint density at radius 1 is 1.30 bits per heavy atom. The number of aliphatic hydroxyl groups is 1. The van der Waals surface area contributed by atoms with Crippen LogP contribution in [0.25, 0.3) is 0 Å². The monoisotopic (exact) mass is 422 g/mol. The topological polar surface area (TPSA) is 88.1 Å². The van der Waals surface area contributed by atoms with E-state index in [1.54, 1.807) is 27.9 Å². The molecule has 0 saturated heterocycles. The molecule has 0 saturated carbocycles. The van der Waals surface area contributed by atoms with Crippen molar-refractivity contribution in [2.24, 2.45) is 0 Å². The Balaban J connectivity index is 2.74. The van der Waals surface area contributed by atoms with Gasteiger partial charge in [0.15, 0.2) is 0 Å². The van der Waals surface area contributed by atoms with Gasteiger partial charge >= 0.3 is 6.09 Å². The lowest BCUT2D eigenvalue weighted by atomic mass is 10.0. The van der Waals surface area contributed by atoms with Crippen LogP contribution in [0.15, 0.2) is 11.6 Å². The zero-order valence-electron chi connectivity index (χ0n) is 19.0. The summed E-state index contributed by atoms with van der Waals surface area (Å²) in [5, 5.41) is 11.7. The molecule has 1 unspecified atom stereocenters. The number of ether oxygens (including phenoxy) is 2. The highest BCUT2D eigenvalue weighted by Gasteiger charge is 2.25. The number of carbonyl (C=O) groups is 2. The molecule has 1 heterocycles. The third-order valence-corrected chi connectivity index (χ3v) is 4.48. The van der Waals surface area contributed by atoms with Gasteiger partial charge in [0.1, 0.15) is 5.60 Å². The molecule has 30 heavy (non-hydrogen) atoms. The molecule has 0 aromatic rings. The van der Waals surface area contributed by atoms with Crippen molar-refractivity contribution in [1.29, 1.82) is 0 Å². The number of nitrogens with zero attached hydrogens (tertiary/aromatic N) is 1. The molecule has 0 aromatic carbocycles. The fraction of sp³-hybridized carbons (Fsp3) is 0.739. The molecule has 170 valence electrons. The lowest BCUT2D eigenvalue weighted by molar-refractivity contribution is -0.128. The minimum absolute atomic E-state index is 0.0109. The van der Waals surface area contributed by atoms with Crippen LogP contribution in [-0.4, -0.2) is 67.1 Å². The molecule has 0 spiro atoms. The van der Waals surface area contributed by atoms with Gasteiger partial charge in [-0.25, -0.2) is 4.79 Å². The number of nitrogens with one attached hydrogen (secondary N) is 1. The molecule has 2 amide bonds. The summed E-state index contributed by atoms with van der Waals surface area (Å²) in [6.07, 6.45) is 6.49. The van der Waals surface area contributed by atoms with Crippen molar-refractivity contribution in [3.63, 3.8) is 0 Å². The highest BCUT2D eigenvalue weighted by Crippen LogP contribution is 2.18. The summed E-state index contributed by atoms with van der Waals surface area (Å²) >= 11 is 0. The Morgan fingerprint density at radius 3 is 2.73 bits per heavy atom. The molecule has 0 aliphatic carbocycles. The molecular formula is C23H38N2O5. The number of methoxy groups -OCH3 is 1. The molecule has 0 bridgehead atoms. The van der Waals surface area contributed by atoms with Gasteiger partial charge in [-0.05, 0) is 52.9 Å². The van der Waals surface area contributed by atoms with Gasteiger partial charge in [-0.2, -0.15) is 0 Å². The first-order valence-corrected chi connectivity index (χ1v) is 10.8. The van der Waals surface area contributed by atoms with Gasteiger partial charge in [0.25, 0.3) is 0 Å². The normalized spacial score (nSPS) is 15.2. The van der Waals surface area contributed by atoms with Gasteiger partial charge in [-0.15, -0.1) is 5.92 Å². The van der Waals surface area contributed by atoms with Crippen molar-refractivity contribution in [2.45, 2.75) is 77.4 Å². The number of carbonyl (C=O) groups excluding carboxylic acids is 2. The lowest BCUT2D eigenvalue weighted by Crippen LogP contribution is -2.41. The van der Waals surface area contributed by atoms with Gasteiger partial charge in [-0.3, -0.25) is 4.79 Å². The van der Waals surface area contributed by atoms with E-state index in [-0.39, 0.29) is 12.5 Å². The van der Waals surface area contributed by atoms with Crippen molar-refractivity contribution in [3.05, 3.63) is 11.6 Å². The van der Waals surface area contributed by atoms with E-state index in [9.17, 15) is 9.59 Å². The van der Waals surface area contributed by atoms with Crippen LogP contribution in [0.5, 0.6) is 0 Å². The van der Waals surface area contributed by atoms with Crippen molar-refractivity contribution < 1.29 is 24.2 Å². The van der Waals surface area contributed by atoms with Gasteiger partial charge in [0, 0.05) is 51.8 Å². The Bertz CT molecular complexity index is 628. The van der Waals surface area contributed by atoms with Crippen LogP contribution in [0.1, 0.15) is 65.7 Å². The second kappa shape index (κ2) is 14.1. The summed E-state index contributed by atoms with van der Waals surface area (Å²) in [7, 11) is 1.68. The fourth-order valence-electron chi connectivity index (χ4n) is 3.05. The maximum atomic E-state index is 12.9. The summed E-state index contributed by atoms with van der Waals surface area (Å²) in [5.41, 5.74) is 0.0703. The first-order valence-electron chi connectivity index (χ1n) is 10.8. The van der Waals surface area contributed by atoms with Crippen LogP contribution in [0.4, 0.5) is 4.79 Å². The Hall–Kier alpha value is -2.04. The number of rotatable bonds is 11. The van der Waals surface area contributed by atoms with Crippen molar-refractivity contribution in [2.75, 3.05) is 33.4 Å². The maximum Gasteiger partial charge on any atom is 0.408 e. The highest BCUT2D eigenvalue weighted by molar-refractivity contribution is 5.94. The van der Waals surface area contributed by atoms with E-state index in [0.717, 1.165) is 25.7 Å². The highest BCUT2D eigenvalue weighted by atomic mass is 16.6. The van der Waals surface area contributed by atoms with Gasteiger partial charge in [-0.1, -0.05) is 12.0 Å². The van der Waals surface area contributed by atoms with E-state index in [2.05, 4.69) is 17.2 Å². The molecule has 1 aliphatic rings. The minimum Gasteiger partial charge on any atom is -0.444 e. The Labute approximate surface area is 181 Å². The van der Waals surface area contributed by atoms with E-state index in [4.69, 9.17) is 14.6 Å². The second-order valence-electron chi connectivity index (χ2n) is 8.41. The van der Waals surface area contributed by atoms with Gasteiger partial charge in [0.2, 0.25) is 5.91 Å². The van der Waals surface area contributed by atoms with Crippen LogP contribution in [-0.2, 0) is 14.3 Å². The molecule has 7 nitrogen and oxygen atoms in total. The Kier molecular flexibility index (Phi) is 12.2. The summed E-state index contributed by atoms with van der Waals surface area (Å²) in [6.45, 7) is 7.66. The predicted molar refractivity (Wildman–Crippen MR) is 117 cm³/mol. The lowest BCUT2D eigenvalue weighted by Gasteiger charge is -2.28. The van der Waals surface area contributed by atoms with E-state index in [1.165, 1.54) is 0 Å². The summed E-state index contributed by atoms with van der Waals surface area (Å²) in [4.78, 5) is 27.0. The predicted octanol–water partition coefficient (Wildman–Crippen LogP) is 3.02. The van der Waals surface area contributed by atoms with Crippen LogP contribution < -0.4 is 5.32 Å². The first-order chi connectivity index (χ1) is 14.3. The van der Waals surface area contributed by atoms with Crippen LogP contribution >= 0.6 is 0 Å². The van der Waals surface area contributed by atoms with Gasteiger partial charge in [0.05, 0.1) is 6.04 Å². The standard InChI is InChI=1S/C23H38N2O5/c1-23(2,3)30-22(28)24-20(13-7-5-6-9-16-26)18-19-12-11-15-25(21(19)27)14-8-10-17-29-4/h12,20,26H,5-6,8-11,14-18H2,1-4H3,(H,24,28). The number of amides is 2. The molecule has 7 heteroatoms. The molecule has 0 radical (unpaired) electrons. The number of hydrogen-bond acceptors (Lipinski definition) is 5. The van der Waals surface area contributed by atoms with Crippen molar-refractivity contribution in [1.82, 2.24) is 10.2 Å². The molecule has 0 aromatic heterocycles. The molecule has 1 atom stereocenters. The largest absolute Gasteiger partial charge is 0.444 e. The van der Waals surface area contributed by atoms with Crippen molar-refractivity contribution >= 4 is 12.0 Å². The zero-order chi connectivity index (χ0) is 22.4. The first kappa shape index (κ1) is 26.0. The molecule has 1 rings (SSSR count). The minimum atomic E-state index is -0.609. The molecular weight excluding hydrogens is 384 g/mol. The van der Waals surface area contributed by atoms with Crippen LogP contribution in [0, 0.1) is 11.8 Å². The van der Waals surface area contributed by atoms with Gasteiger partial charge < -0.3 is 24.8 Å². The number of aliphatic hydroxyl groups excluding tert-OH is 1. The average Bonchev–Trinajstić information content (AvgIpc) is 2.66. The van der Waals surface area contributed by atoms with Crippen LogP contribution in [0.3, 0.4) is 0 Å². The third-order valence-electron chi connectivity index (χ3n) is 4.48. The van der Waals surface area contributed by atoms with E-state index < -0.39 is 17.7 Å². The summed E-state index contributed by atoms with van der Waals surface area (Å²) in [6, 6.07) is -0.502. The third kappa shape index (κ3) is 11.2. The number of alkyl carbamates (subject to hydrolysis) is 1. The van der Waals surface area contributed by atoms with E-state index >= 15 is 0 Å². The Morgan fingerprint density at radius 2 is 2.07 bits per heavy atom. The summed E-state index contributed by atoms with van der Waals surface area (Å²) in [5.74, 6) is 6.13. The number of hydrogen-bond donors (Lipinski definition) is 2. The van der Waals surface area contributed by atoms with Crippen LogP contribution in [0.2, 0.25) is 0 Å². The smallest absolute Gasteiger partial charge is 0.408 e. The second-order valence-corrected chi connectivity index (χ2v) is 8.41.